The van der Waals surface area contributed by atoms with Crippen molar-refractivity contribution < 1.29 is 14.7 Å². The van der Waals surface area contributed by atoms with Gasteiger partial charge in [-0.05, 0) is 6.92 Å². The second kappa shape index (κ2) is 4.00. The third-order valence-corrected chi connectivity index (χ3v) is 3.55. The fourth-order valence-electron chi connectivity index (χ4n) is 1.55. The summed E-state index contributed by atoms with van der Waals surface area (Å²) >= 11 is 1.61. The Morgan fingerprint density at radius 1 is 1.62 bits per heavy atom. The van der Waals surface area contributed by atoms with E-state index in [1.54, 1.807) is 11.8 Å². The van der Waals surface area contributed by atoms with Crippen LogP contribution in [0.25, 0.3) is 0 Å². The van der Waals surface area contributed by atoms with Crippen LogP contribution in [0.1, 0.15) is 13.8 Å². The van der Waals surface area contributed by atoms with Gasteiger partial charge in [-0.15, -0.1) is 11.8 Å². The summed E-state index contributed by atoms with van der Waals surface area (Å²) in [4.78, 5) is 11.3. The van der Waals surface area contributed by atoms with E-state index in [2.05, 4.69) is 9.89 Å². The Kier molecular flexibility index (Phi) is 3.19. The van der Waals surface area contributed by atoms with Crippen molar-refractivity contribution in [1.82, 2.24) is 0 Å². The van der Waals surface area contributed by atoms with Crippen molar-refractivity contribution in [3.63, 3.8) is 0 Å². The summed E-state index contributed by atoms with van der Waals surface area (Å²) in [5, 5.41) is 12.1. The van der Waals surface area contributed by atoms with Crippen LogP contribution in [0.3, 0.4) is 0 Å². The van der Waals surface area contributed by atoms with Crippen LogP contribution in [-0.2, 0) is 9.53 Å². The Labute approximate surface area is 81.3 Å². The third kappa shape index (κ3) is 1.80. The molecule has 1 saturated heterocycles. The van der Waals surface area contributed by atoms with Crippen molar-refractivity contribution in [1.29, 1.82) is 0 Å². The SMILES string of the molecule is COC(=O)C1C(=NO)C(C)SC1C. The van der Waals surface area contributed by atoms with Gasteiger partial charge in [-0.3, -0.25) is 4.79 Å². The van der Waals surface area contributed by atoms with E-state index < -0.39 is 5.92 Å². The molecule has 1 rings (SSSR count). The first-order valence-electron chi connectivity index (χ1n) is 4.07. The average Bonchev–Trinajstić information content (AvgIpc) is 2.39. The summed E-state index contributed by atoms with van der Waals surface area (Å²) < 4.78 is 4.64. The van der Waals surface area contributed by atoms with Gasteiger partial charge in [-0.2, -0.15) is 0 Å². The minimum Gasteiger partial charge on any atom is -0.468 e. The maximum absolute atomic E-state index is 11.3. The van der Waals surface area contributed by atoms with Gasteiger partial charge < -0.3 is 9.94 Å². The molecule has 3 atom stereocenters. The smallest absolute Gasteiger partial charge is 0.315 e. The summed E-state index contributed by atoms with van der Waals surface area (Å²) in [5.41, 5.74) is 0.518. The summed E-state index contributed by atoms with van der Waals surface area (Å²) in [7, 11) is 1.34. The van der Waals surface area contributed by atoms with Gasteiger partial charge in [0.05, 0.1) is 12.8 Å². The van der Waals surface area contributed by atoms with Crippen molar-refractivity contribution in [3.8, 4) is 0 Å². The number of hydrogen-bond acceptors (Lipinski definition) is 5. The molecule has 0 aromatic heterocycles. The number of nitrogens with zero attached hydrogens (tertiary/aromatic N) is 1. The Morgan fingerprint density at radius 3 is 2.69 bits per heavy atom. The van der Waals surface area contributed by atoms with Crippen LogP contribution in [0.4, 0.5) is 0 Å². The van der Waals surface area contributed by atoms with E-state index in [1.807, 2.05) is 13.8 Å². The molecule has 3 unspecified atom stereocenters. The zero-order valence-corrected chi connectivity index (χ0v) is 8.67. The summed E-state index contributed by atoms with van der Waals surface area (Å²) in [6.07, 6.45) is 0. The molecule has 0 amide bonds. The van der Waals surface area contributed by atoms with E-state index in [-0.39, 0.29) is 16.5 Å². The summed E-state index contributed by atoms with van der Waals surface area (Å²) in [5.74, 6) is -0.716. The van der Waals surface area contributed by atoms with Crippen LogP contribution < -0.4 is 0 Å². The molecule has 74 valence electrons. The van der Waals surface area contributed by atoms with Gasteiger partial charge in [-0.1, -0.05) is 12.1 Å². The molecule has 0 saturated carbocycles. The molecular weight excluding hydrogens is 190 g/mol. The molecule has 0 radical (unpaired) electrons. The molecule has 0 aliphatic carbocycles. The van der Waals surface area contributed by atoms with Crippen LogP contribution >= 0.6 is 11.8 Å². The van der Waals surface area contributed by atoms with Crippen molar-refractivity contribution in [2.45, 2.75) is 24.3 Å². The highest BCUT2D eigenvalue weighted by atomic mass is 32.2. The minimum atomic E-state index is -0.394. The van der Waals surface area contributed by atoms with Crippen LogP contribution in [0.5, 0.6) is 0 Å². The highest BCUT2D eigenvalue weighted by Gasteiger charge is 2.42. The molecular formula is C8H13NO3S. The fraction of sp³-hybridized carbons (Fsp3) is 0.750. The van der Waals surface area contributed by atoms with E-state index in [0.29, 0.717) is 5.71 Å². The Bertz CT molecular complexity index is 242. The number of oxime groups is 1. The number of ether oxygens (including phenoxy) is 1. The van der Waals surface area contributed by atoms with Gasteiger partial charge in [0.2, 0.25) is 0 Å². The highest BCUT2D eigenvalue weighted by Crippen LogP contribution is 2.36. The van der Waals surface area contributed by atoms with Gasteiger partial charge in [0.15, 0.2) is 0 Å². The first kappa shape index (κ1) is 10.4. The molecule has 4 nitrogen and oxygen atoms in total. The number of methoxy groups -OCH3 is 1. The quantitative estimate of drug-likeness (QED) is 0.394. The first-order valence-corrected chi connectivity index (χ1v) is 5.01. The van der Waals surface area contributed by atoms with Gasteiger partial charge in [0, 0.05) is 10.5 Å². The molecule has 13 heavy (non-hydrogen) atoms. The van der Waals surface area contributed by atoms with E-state index in [1.165, 1.54) is 7.11 Å². The van der Waals surface area contributed by atoms with Gasteiger partial charge in [0.1, 0.15) is 5.92 Å². The van der Waals surface area contributed by atoms with Crippen molar-refractivity contribution in [3.05, 3.63) is 0 Å². The van der Waals surface area contributed by atoms with Gasteiger partial charge in [0.25, 0.3) is 0 Å². The third-order valence-electron chi connectivity index (χ3n) is 2.19. The zero-order chi connectivity index (χ0) is 10.0. The number of carbonyl (C=O) groups excluding carboxylic acids is 1. The fourth-order valence-corrected chi connectivity index (χ4v) is 2.93. The molecule has 1 N–H and O–H groups in total. The average molecular weight is 203 g/mol. The standard InChI is InChI=1S/C8H13NO3S/c1-4-6(8(10)12-3)7(9-11)5(2)13-4/h4-6,11H,1-3H3. The zero-order valence-electron chi connectivity index (χ0n) is 7.85. The van der Waals surface area contributed by atoms with Crippen molar-refractivity contribution >= 4 is 23.4 Å². The molecule has 5 heteroatoms. The molecule has 0 bridgehead atoms. The number of rotatable bonds is 1. The lowest BCUT2D eigenvalue weighted by molar-refractivity contribution is -0.142. The van der Waals surface area contributed by atoms with E-state index in [9.17, 15) is 4.79 Å². The maximum atomic E-state index is 11.3. The topological polar surface area (TPSA) is 58.9 Å². The predicted octanol–water partition coefficient (Wildman–Crippen LogP) is 1.13. The number of thioether (sulfide) groups is 1. The van der Waals surface area contributed by atoms with Crippen LogP contribution in [0, 0.1) is 5.92 Å². The Hall–Kier alpha value is -0.710. The highest BCUT2D eigenvalue weighted by molar-refractivity contribution is 8.01. The molecule has 0 aromatic rings. The molecule has 1 aliphatic heterocycles. The monoisotopic (exact) mass is 203 g/mol. The molecule has 1 heterocycles. The van der Waals surface area contributed by atoms with Gasteiger partial charge >= 0.3 is 5.97 Å². The van der Waals surface area contributed by atoms with E-state index >= 15 is 0 Å². The van der Waals surface area contributed by atoms with Crippen molar-refractivity contribution in [2.75, 3.05) is 7.11 Å². The molecule has 0 spiro atoms. The second-order valence-electron chi connectivity index (χ2n) is 3.01. The van der Waals surface area contributed by atoms with Crippen LogP contribution in [-0.4, -0.2) is 34.5 Å². The minimum absolute atomic E-state index is 0.0871. The molecule has 1 fully saturated rings. The Balaban J connectivity index is 2.87. The number of hydrogen-bond donors (Lipinski definition) is 1. The summed E-state index contributed by atoms with van der Waals surface area (Å²) in [6.45, 7) is 3.85. The lowest BCUT2D eigenvalue weighted by atomic mass is 9.99. The summed E-state index contributed by atoms with van der Waals surface area (Å²) in [6, 6.07) is 0. The largest absolute Gasteiger partial charge is 0.468 e. The maximum Gasteiger partial charge on any atom is 0.315 e. The van der Waals surface area contributed by atoms with Crippen LogP contribution in [0.15, 0.2) is 5.16 Å². The Morgan fingerprint density at radius 2 is 2.23 bits per heavy atom. The molecule has 0 aromatic carbocycles. The van der Waals surface area contributed by atoms with Crippen molar-refractivity contribution in [2.24, 2.45) is 11.1 Å². The first-order chi connectivity index (χ1) is 6.11. The van der Waals surface area contributed by atoms with E-state index in [4.69, 9.17) is 5.21 Å². The number of carbonyl (C=O) groups is 1. The second-order valence-corrected chi connectivity index (χ2v) is 4.73. The predicted molar refractivity (Wildman–Crippen MR) is 51.2 cm³/mol. The normalized spacial score (nSPS) is 36.5. The molecule has 1 aliphatic rings. The lowest BCUT2D eigenvalue weighted by Gasteiger charge is -2.10. The van der Waals surface area contributed by atoms with E-state index in [0.717, 1.165) is 0 Å². The number of esters is 1. The lowest BCUT2D eigenvalue weighted by Crippen LogP contribution is -2.29. The van der Waals surface area contributed by atoms with Crippen LogP contribution in [0.2, 0.25) is 0 Å². The van der Waals surface area contributed by atoms with Gasteiger partial charge in [-0.25, -0.2) is 0 Å².